The highest BCUT2D eigenvalue weighted by molar-refractivity contribution is 5.97. The third-order valence-electron chi connectivity index (χ3n) is 3.89. The smallest absolute Gasteiger partial charge is 0.240 e. The average Bonchev–Trinajstić information content (AvgIpc) is 2.59. The summed E-state index contributed by atoms with van der Waals surface area (Å²) in [7, 11) is 0. The van der Waals surface area contributed by atoms with Gasteiger partial charge in [0.1, 0.15) is 0 Å². The van der Waals surface area contributed by atoms with Gasteiger partial charge in [-0.15, -0.1) is 0 Å². The first kappa shape index (κ1) is 19.3. The van der Waals surface area contributed by atoms with Gasteiger partial charge in [0.2, 0.25) is 5.91 Å². The number of rotatable bonds is 12. The van der Waals surface area contributed by atoms with Gasteiger partial charge in [-0.1, -0.05) is 64.4 Å². The average molecular weight is 317 g/mol. The lowest BCUT2D eigenvalue weighted by Gasteiger charge is -2.03. The van der Waals surface area contributed by atoms with Crippen LogP contribution in [0.2, 0.25) is 0 Å². The van der Waals surface area contributed by atoms with E-state index >= 15 is 0 Å². The van der Waals surface area contributed by atoms with E-state index in [0.29, 0.717) is 6.42 Å². The number of nitrogens with zero attached hydrogens (tertiary/aromatic N) is 2. The zero-order valence-electron chi connectivity index (χ0n) is 14.7. The lowest BCUT2D eigenvalue weighted by Crippen LogP contribution is -2.19. The zero-order chi connectivity index (χ0) is 16.8. The third-order valence-corrected chi connectivity index (χ3v) is 3.89. The van der Waals surface area contributed by atoms with Gasteiger partial charge >= 0.3 is 0 Å². The van der Waals surface area contributed by atoms with Crippen molar-refractivity contribution < 1.29 is 4.79 Å². The van der Waals surface area contributed by atoms with Crippen LogP contribution in [0.1, 0.15) is 83.7 Å². The number of unbranched alkanes of at least 4 members (excludes halogenated alkanes) is 8. The Morgan fingerprint density at radius 1 is 1.04 bits per heavy atom. The van der Waals surface area contributed by atoms with E-state index in [1.54, 1.807) is 6.20 Å². The van der Waals surface area contributed by atoms with Gasteiger partial charge in [-0.2, -0.15) is 5.10 Å². The van der Waals surface area contributed by atoms with Crippen molar-refractivity contribution in [1.82, 2.24) is 10.4 Å². The molecule has 4 heteroatoms. The predicted molar refractivity (Wildman–Crippen MR) is 96.4 cm³/mol. The molecule has 1 amide bonds. The Morgan fingerprint density at radius 3 is 2.30 bits per heavy atom. The van der Waals surface area contributed by atoms with Crippen molar-refractivity contribution in [2.75, 3.05) is 0 Å². The van der Waals surface area contributed by atoms with E-state index in [1.807, 2.05) is 25.1 Å². The summed E-state index contributed by atoms with van der Waals surface area (Å²) in [5.74, 6) is -0.0109. The van der Waals surface area contributed by atoms with Gasteiger partial charge in [0.15, 0.2) is 0 Å². The van der Waals surface area contributed by atoms with Crippen molar-refractivity contribution in [3.05, 3.63) is 30.1 Å². The minimum Gasteiger partial charge on any atom is -0.273 e. The van der Waals surface area contributed by atoms with Gasteiger partial charge in [0.05, 0.1) is 11.4 Å². The van der Waals surface area contributed by atoms with E-state index in [4.69, 9.17) is 0 Å². The summed E-state index contributed by atoms with van der Waals surface area (Å²) in [6.45, 7) is 4.09. The maximum atomic E-state index is 11.7. The van der Waals surface area contributed by atoms with E-state index in [-0.39, 0.29) is 5.91 Å². The number of hydrazone groups is 1. The predicted octanol–water partition coefficient (Wildman–Crippen LogP) is 4.84. The van der Waals surface area contributed by atoms with Crippen LogP contribution >= 0.6 is 0 Å². The lowest BCUT2D eigenvalue weighted by atomic mass is 10.1. The van der Waals surface area contributed by atoms with Crippen LogP contribution in [0.25, 0.3) is 0 Å². The van der Waals surface area contributed by atoms with Crippen LogP contribution in [0.5, 0.6) is 0 Å². The monoisotopic (exact) mass is 317 g/mol. The SMILES string of the molecule is CCCCCCCCCCCC(=O)NN=C(C)c1ccccn1. The van der Waals surface area contributed by atoms with Crippen molar-refractivity contribution in [2.45, 2.75) is 78.1 Å². The number of hydrogen-bond donors (Lipinski definition) is 1. The van der Waals surface area contributed by atoms with Crippen LogP contribution < -0.4 is 5.43 Å². The largest absolute Gasteiger partial charge is 0.273 e. The van der Waals surface area contributed by atoms with Gasteiger partial charge in [0.25, 0.3) is 0 Å². The van der Waals surface area contributed by atoms with Crippen molar-refractivity contribution in [3.8, 4) is 0 Å². The van der Waals surface area contributed by atoms with Crippen LogP contribution in [0, 0.1) is 0 Å². The minimum absolute atomic E-state index is 0.0109. The topological polar surface area (TPSA) is 54.4 Å². The first-order valence-corrected chi connectivity index (χ1v) is 8.98. The van der Waals surface area contributed by atoms with Crippen LogP contribution in [0.15, 0.2) is 29.5 Å². The van der Waals surface area contributed by atoms with E-state index in [0.717, 1.165) is 24.2 Å². The Bertz CT molecular complexity index is 457. The molecule has 0 saturated carbocycles. The lowest BCUT2D eigenvalue weighted by molar-refractivity contribution is -0.121. The second kappa shape index (κ2) is 12.8. The van der Waals surface area contributed by atoms with E-state index < -0.39 is 0 Å². The molecule has 1 N–H and O–H groups in total. The molecular formula is C19H31N3O. The summed E-state index contributed by atoms with van der Waals surface area (Å²) < 4.78 is 0. The summed E-state index contributed by atoms with van der Waals surface area (Å²) >= 11 is 0. The molecule has 23 heavy (non-hydrogen) atoms. The fraction of sp³-hybridized carbons (Fsp3) is 0.632. The molecule has 0 fully saturated rings. The van der Waals surface area contributed by atoms with Gasteiger partial charge in [0, 0.05) is 12.6 Å². The molecule has 0 unspecified atom stereocenters. The summed E-state index contributed by atoms with van der Waals surface area (Å²) in [6.07, 6.45) is 13.6. The van der Waals surface area contributed by atoms with E-state index in [9.17, 15) is 4.79 Å². The molecule has 0 spiro atoms. The normalized spacial score (nSPS) is 11.5. The summed E-state index contributed by atoms with van der Waals surface area (Å²) in [6, 6.07) is 5.65. The fourth-order valence-electron chi connectivity index (χ4n) is 2.43. The molecule has 0 aliphatic heterocycles. The Balaban J connectivity index is 2.04. The van der Waals surface area contributed by atoms with Crippen molar-refractivity contribution in [3.63, 3.8) is 0 Å². The fourth-order valence-corrected chi connectivity index (χ4v) is 2.43. The van der Waals surface area contributed by atoms with E-state index in [1.165, 1.54) is 44.9 Å². The zero-order valence-corrected chi connectivity index (χ0v) is 14.7. The molecule has 1 aromatic heterocycles. The summed E-state index contributed by atoms with van der Waals surface area (Å²) in [5, 5.41) is 4.11. The highest BCUT2D eigenvalue weighted by Gasteiger charge is 2.02. The first-order chi connectivity index (χ1) is 11.2. The van der Waals surface area contributed by atoms with Gasteiger partial charge in [-0.05, 0) is 25.5 Å². The first-order valence-electron chi connectivity index (χ1n) is 8.98. The molecule has 0 aromatic carbocycles. The quantitative estimate of drug-likeness (QED) is 0.340. The number of nitrogens with one attached hydrogen (secondary N) is 1. The Kier molecular flexibility index (Phi) is 10.8. The minimum atomic E-state index is -0.0109. The molecule has 1 aromatic rings. The van der Waals surface area contributed by atoms with Gasteiger partial charge in [-0.25, -0.2) is 5.43 Å². The van der Waals surface area contributed by atoms with Crippen LogP contribution in [0.3, 0.4) is 0 Å². The molecule has 0 bridgehead atoms. The Morgan fingerprint density at radius 2 is 1.70 bits per heavy atom. The maximum absolute atomic E-state index is 11.7. The number of hydrogen-bond acceptors (Lipinski definition) is 3. The Hall–Kier alpha value is -1.71. The highest BCUT2D eigenvalue weighted by Crippen LogP contribution is 2.10. The number of pyridine rings is 1. The second-order valence-corrected chi connectivity index (χ2v) is 6.03. The number of carbonyl (C=O) groups excluding carboxylic acids is 1. The summed E-state index contributed by atoms with van der Waals surface area (Å²) in [5.41, 5.74) is 4.13. The molecule has 0 aliphatic carbocycles. The number of carbonyl (C=O) groups is 1. The molecule has 4 nitrogen and oxygen atoms in total. The molecule has 0 saturated heterocycles. The van der Waals surface area contributed by atoms with Crippen LogP contribution in [-0.4, -0.2) is 16.6 Å². The van der Waals surface area contributed by atoms with Crippen molar-refractivity contribution in [2.24, 2.45) is 5.10 Å². The van der Waals surface area contributed by atoms with Crippen molar-refractivity contribution >= 4 is 11.6 Å². The van der Waals surface area contributed by atoms with Gasteiger partial charge in [-0.3, -0.25) is 9.78 Å². The maximum Gasteiger partial charge on any atom is 0.240 e. The molecule has 1 rings (SSSR count). The van der Waals surface area contributed by atoms with E-state index in [2.05, 4.69) is 22.4 Å². The van der Waals surface area contributed by atoms with Gasteiger partial charge < -0.3 is 0 Å². The highest BCUT2D eigenvalue weighted by atomic mass is 16.2. The second-order valence-electron chi connectivity index (χ2n) is 6.03. The molecule has 128 valence electrons. The Labute approximate surface area is 140 Å². The molecule has 0 aliphatic rings. The molecule has 0 atom stereocenters. The van der Waals surface area contributed by atoms with Crippen LogP contribution in [-0.2, 0) is 4.79 Å². The summed E-state index contributed by atoms with van der Waals surface area (Å²) in [4.78, 5) is 15.9. The van der Waals surface area contributed by atoms with Crippen LogP contribution in [0.4, 0.5) is 0 Å². The molecule has 0 radical (unpaired) electrons. The molecular weight excluding hydrogens is 286 g/mol. The van der Waals surface area contributed by atoms with Crippen molar-refractivity contribution in [1.29, 1.82) is 0 Å². The number of amides is 1. The molecule has 1 heterocycles. The third kappa shape index (κ3) is 9.82. The number of aromatic nitrogens is 1. The standard InChI is InChI=1S/C19H31N3O/c1-3-4-5-6-7-8-9-10-11-15-19(23)22-21-17(2)18-14-12-13-16-20-18/h12-14,16H,3-11,15H2,1-2H3,(H,22,23).